The van der Waals surface area contributed by atoms with Crippen molar-refractivity contribution in [2.45, 2.75) is 19.5 Å². The first kappa shape index (κ1) is 26.5. The van der Waals surface area contributed by atoms with E-state index >= 15 is 0 Å². The van der Waals surface area contributed by atoms with Crippen molar-refractivity contribution < 1.29 is 22.8 Å². The lowest BCUT2D eigenvalue weighted by atomic mass is 10.1. The molecule has 0 saturated heterocycles. The summed E-state index contributed by atoms with van der Waals surface area (Å²) in [7, 11) is 0. The van der Waals surface area contributed by atoms with Crippen LogP contribution in [-0.2, 0) is 11.0 Å². The summed E-state index contributed by atoms with van der Waals surface area (Å²) in [5.41, 5.74) is 1.66. The molecule has 7 nitrogen and oxygen atoms in total. The van der Waals surface area contributed by atoms with Gasteiger partial charge in [0, 0.05) is 23.9 Å². The molecule has 1 heterocycles. The van der Waals surface area contributed by atoms with E-state index in [4.69, 9.17) is 0 Å². The van der Waals surface area contributed by atoms with Crippen molar-refractivity contribution in [3.05, 3.63) is 96.6 Å². The molecule has 0 atom stereocenters. The highest BCUT2D eigenvalue weighted by Crippen LogP contribution is 2.30. The summed E-state index contributed by atoms with van der Waals surface area (Å²) in [4.78, 5) is 27.2. The van der Waals surface area contributed by atoms with Crippen LogP contribution in [0.5, 0.6) is 0 Å². The zero-order valence-electron chi connectivity index (χ0n) is 20.6. The Morgan fingerprint density at radius 1 is 0.895 bits per heavy atom. The molecule has 0 aliphatic heterocycles. The minimum atomic E-state index is -4.47. The van der Waals surface area contributed by atoms with Gasteiger partial charge in [0.15, 0.2) is 0 Å². The fraction of sp³-hybridized carbons (Fsp3) is 0.179. The molecule has 0 aliphatic carbocycles. The molecule has 38 heavy (non-hydrogen) atoms. The fourth-order valence-electron chi connectivity index (χ4n) is 3.81. The topological polar surface area (TPSA) is 79.3 Å². The van der Waals surface area contributed by atoms with Crippen molar-refractivity contribution in [3.8, 4) is 16.9 Å². The van der Waals surface area contributed by atoms with Crippen molar-refractivity contribution in [3.63, 3.8) is 0 Å². The van der Waals surface area contributed by atoms with Crippen LogP contribution in [0.25, 0.3) is 16.9 Å². The van der Waals surface area contributed by atoms with E-state index in [1.54, 1.807) is 10.7 Å². The highest BCUT2D eigenvalue weighted by molar-refractivity contribution is 5.97. The number of alkyl halides is 3. The molecule has 0 saturated carbocycles. The monoisotopic (exact) mass is 521 g/mol. The van der Waals surface area contributed by atoms with Crippen LogP contribution in [0.15, 0.2) is 91.0 Å². The molecule has 0 radical (unpaired) electrons. The number of carbonyl (C=O) groups is 2. The first-order valence-electron chi connectivity index (χ1n) is 12.0. The van der Waals surface area contributed by atoms with Gasteiger partial charge in [-0.15, -0.1) is 0 Å². The lowest BCUT2D eigenvalue weighted by Crippen LogP contribution is -2.41. The average molecular weight is 522 g/mol. The molecule has 4 aromatic rings. The second-order valence-corrected chi connectivity index (χ2v) is 8.50. The number of urea groups is 1. The van der Waals surface area contributed by atoms with Crippen molar-refractivity contribution in [2.75, 3.05) is 23.7 Å². The quantitative estimate of drug-likeness (QED) is 0.280. The number of nitrogens with one attached hydrogen (secondary N) is 2. The third-order valence-corrected chi connectivity index (χ3v) is 5.63. The van der Waals surface area contributed by atoms with E-state index in [2.05, 4.69) is 15.7 Å². The summed E-state index contributed by atoms with van der Waals surface area (Å²) in [6.07, 6.45) is -3.89. The van der Waals surface area contributed by atoms with Gasteiger partial charge in [-0.25, -0.2) is 9.48 Å². The molecule has 0 fully saturated rings. The van der Waals surface area contributed by atoms with Crippen LogP contribution in [0.1, 0.15) is 18.9 Å². The molecule has 0 spiro atoms. The molecule has 3 aromatic carbocycles. The summed E-state index contributed by atoms with van der Waals surface area (Å²) in [5, 5.41) is 10.1. The lowest BCUT2D eigenvalue weighted by Gasteiger charge is -2.22. The largest absolute Gasteiger partial charge is 0.416 e. The van der Waals surface area contributed by atoms with Crippen LogP contribution in [0.2, 0.25) is 0 Å². The number of anilines is 2. The first-order chi connectivity index (χ1) is 18.2. The van der Waals surface area contributed by atoms with E-state index in [0.717, 1.165) is 23.4 Å². The van der Waals surface area contributed by atoms with Crippen molar-refractivity contribution in [1.29, 1.82) is 0 Å². The molecule has 4 rings (SSSR count). The number of carbonyl (C=O) groups excluding carboxylic acids is 2. The molecule has 0 unspecified atom stereocenters. The van der Waals surface area contributed by atoms with Gasteiger partial charge < -0.3 is 15.5 Å². The number of nitrogens with zero attached hydrogens (tertiary/aromatic N) is 3. The number of para-hydroxylation sites is 1. The van der Waals surface area contributed by atoms with Gasteiger partial charge >= 0.3 is 12.2 Å². The van der Waals surface area contributed by atoms with Crippen molar-refractivity contribution in [1.82, 2.24) is 14.7 Å². The molecule has 10 heteroatoms. The number of hydrogen-bond donors (Lipinski definition) is 2. The molecule has 3 amide bonds. The van der Waals surface area contributed by atoms with Gasteiger partial charge in [-0.05, 0) is 42.8 Å². The predicted octanol–water partition coefficient (Wildman–Crippen LogP) is 6.44. The van der Waals surface area contributed by atoms with E-state index in [1.165, 1.54) is 17.0 Å². The van der Waals surface area contributed by atoms with Gasteiger partial charge in [0.25, 0.3) is 0 Å². The second-order valence-electron chi connectivity index (χ2n) is 8.50. The summed E-state index contributed by atoms with van der Waals surface area (Å²) < 4.78 is 40.1. The molecule has 1 aromatic heterocycles. The minimum absolute atomic E-state index is 0.194. The van der Waals surface area contributed by atoms with Crippen molar-refractivity contribution >= 4 is 23.4 Å². The molecule has 2 N–H and O–H groups in total. The van der Waals surface area contributed by atoms with E-state index in [-0.39, 0.29) is 18.8 Å². The Balaban J connectivity index is 1.50. The normalized spacial score (nSPS) is 11.2. The number of hydrogen-bond acceptors (Lipinski definition) is 3. The second kappa shape index (κ2) is 11.6. The zero-order valence-corrected chi connectivity index (χ0v) is 20.6. The van der Waals surface area contributed by atoms with E-state index in [1.807, 2.05) is 67.6 Å². The predicted molar refractivity (Wildman–Crippen MR) is 140 cm³/mol. The number of amides is 3. The Hall–Kier alpha value is -4.60. The van der Waals surface area contributed by atoms with Gasteiger partial charge in [0.2, 0.25) is 5.91 Å². The highest BCUT2D eigenvalue weighted by Gasteiger charge is 2.30. The first-order valence-corrected chi connectivity index (χ1v) is 12.0. The van der Waals surface area contributed by atoms with Gasteiger partial charge in [0.05, 0.1) is 16.9 Å². The highest BCUT2D eigenvalue weighted by atomic mass is 19.4. The van der Waals surface area contributed by atoms with E-state index in [0.29, 0.717) is 17.9 Å². The van der Waals surface area contributed by atoms with Gasteiger partial charge in [-0.2, -0.15) is 18.3 Å². The number of aromatic nitrogens is 2. The maximum Gasteiger partial charge on any atom is 0.416 e. The summed E-state index contributed by atoms with van der Waals surface area (Å²) in [6, 6.07) is 24.1. The molecular weight excluding hydrogens is 495 g/mol. The summed E-state index contributed by atoms with van der Waals surface area (Å²) in [5.74, 6) is -0.0163. The smallest absolute Gasteiger partial charge is 0.315 e. The van der Waals surface area contributed by atoms with Crippen LogP contribution >= 0.6 is 0 Å². The Labute approximate surface area is 217 Å². The van der Waals surface area contributed by atoms with E-state index < -0.39 is 23.7 Å². The number of rotatable bonds is 8. The molecule has 0 bridgehead atoms. The zero-order chi connectivity index (χ0) is 27.1. The Bertz CT molecular complexity index is 1370. The van der Waals surface area contributed by atoms with E-state index in [9.17, 15) is 22.8 Å². The molecule has 0 aliphatic rings. The van der Waals surface area contributed by atoms with Crippen LogP contribution in [0.4, 0.5) is 29.5 Å². The number of benzene rings is 3. The maximum absolute atomic E-state index is 13.0. The van der Waals surface area contributed by atoms with Crippen LogP contribution < -0.4 is 10.6 Å². The Morgan fingerprint density at radius 3 is 2.13 bits per heavy atom. The average Bonchev–Trinajstić information content (AvgIpc) is 3.33. The standard InChI is InChI=1S/C28H26F3N5O2/c1-2-17-35(27(38)32-22-15-13-21(14-16-22)28(29,30)31)19-26(37)33-25-18-24(20-9-5-3-6-10-20)34-36(25)23-11-7-4-8-12-23/h3-16,18H,2,17,19H2,1H3,(H,32,38)(H,33,37). The summed E-state index contributed by atoms with van der Waals surface area (Å²) in [6.45, 7) is 1.86. The fourth-order valence-corrected chi connectivity index (χ4v) is 3.81. The molecule has 196 valence electrons. The minimum Gasteiger partial charge on any atom is -0.315 e. The third kappa shape index (κ3) is 6.58. The van der Waals surface area contributed by atoms with Crippen LogP contribution in [0, 0.1) is 0 Å². The Morgan fingerprint density at radius 2 is 1.53 bits per heavy atom. The SMILES string of the molecule is CCCN(CC(=O)Nc1cc(-c2ccccc2)nn1-c1ccccc1)C(=O)Nc1ccc(C(F)(F)F)cc1. The van der Waals surface area contributed by atoms with Gasteiger partial charge in [-0.3, -0.25) is 4.79 Å². The Kier molecular flexibility index (Phi) is 8.10. The van der Waals surface area contributed by atoms with Gasteiger partial charge in [0.1, 0.15) is 12.4 Å². The maximum atomic E-state index is 13.0. The van der Waals surface area contributed by atoms with Gasteiger partial charge in [-0.1, -0.05) is 55.5 Å². The van der Waals surface area contributed by atoms with Crippen molar-refractivity contribution in [2.24, 2.45) is 0 Å². The van der Waals surface area contributed by atoms with Crippen LogP contribution in [0.3, 0.4) is 0 Å². The number of halogens is 3. The van der Waals surface area contributed by atoms with Crippen LogP contribution in [-0.4, -0.2) is 39.7 Å². The lowest BCUT2D eigenvalue weighted by molar-refractivity contribution is -0.137. The summed E-state index contributed by atoms with van der Waals surface area (Å²) >= 11 is 0. The third-order valence-electron chi connectivity index (χ3n) is 5.63. The molecular formula is C28H26F3N5O2.